The van der Waals surface area contributed by atoms with Crippen molar-refractivity contribution < 1.29 is 14.7 Å². The lowest BCUT2D eigenvalue weighted by Gasteiger charge is -2.41. The molecule has 1 aliphatic heterocycles. The van der Waals surface area contributed by atoms with Crippen molar-refractivity contribution >= 4 is 29.3 Å². The number of hydrogen-bond donors (Lipinski definition) is 1. The van der Waals surface area contributed by atoms with Gasteiger partial charge in [-0.15, -0.1) is 4.47 Å². The zero-order valence-electron chi connectivity index (χ0n) is 14.1. The first-order valence-corrected chi connectivity index (χ1v) is 8.88. The van der Waals surface area contributed by atoms with Crippen LogP contribution >= 0.6 is 11.9 Å². The summed E-state index contributed by atoms with van der Waals surface area (Å²) in [4.78, 5) is 23.2. The van der Waals surface area contributed by atoms with Crippen molar-refractivity contribution in [1.29, 1.82) is 0 Å². The van der Waals surface area contributed by atoms with Gasteiger partial charge in [0.25, 0.3) is 0 Å². The Balaban J connectivity index is 2.12. The average molecular weight is 346 g/mol. The van der Waals surface area contributed by atoms with Gasteiger partial charge in [0.15, 0.2) is 6.04 Å². The molecule has 1 N–H and O–H groups in total. The largest absolute Gasteiger partial charge is 0.480 e. The monoisotopic (exact) mass is 346 g/mol. The third kappa shape index (κ3) is 3.14. The molecule has 2 aliphatic rings. The first kappa shape index (κ1) is 17.2. The van der Waals surface area contributed by atoms with Gasteiger partial charge in [-0.1, -0.05) is 30.7 Å². The van der Waals surface area contributed by atoms with Crippen LogP contribution in [0.4, 0.5) is 5.69 Å². The summed E-state index contributed by atoms with van der Waals surface area (Å²) in [5.74, 6) is -0.380. The highest BCUT2D eigenvalue weighted by atomic mass is 32.2. The molecule has 1 aromatic rings. The average Bonchev–Trinajstić information content (AvgIpc) is 2.58. The maximum absolute atomic E-state index is 11.9. The number of fused-ring (bicyclic) bond motifs is 1. The summed E-state index contributed by atoms with van der Waals surface area (Å²) in [5.41, 5.74) is 2.75. The maximum atomic E-state index is 11.9. The molecule has 1 saturated heterocycles. The van der Waals surface area contributed by atoms with Crippen molar-refractivity contribution in [3.05, 3.63) is 40.8 Å². The molecule has 1 fully saturated rings. The van der Waals surface area contributed by atoms with Crippen LogP contribution in [-0.4, -0.2) is 34.4 Å². The Morgan fingerprint density at radius 1 is 1.33 bits per heavy atom. The Morgan fingerprint density at radius 2 is 2.04 bits per heavy atom. The maximum Gasteiger partial charge on any atom is 0.330 e. The lowest BCUT2D eigenvalue weighted by molar-refractivity contribution is -0.149. The predicted molar refractivity (Wildman–Crippen MR) is 96.0 cm³/mol. The molecule has 0 spiro atoms. The second kappa shape index (κ2) is 7.09. The van der Waals surface area contributed by atoms with E-state index in [1.54, 1.807) is 0 Å². The minimum Gasteiger partial charge on any atom is -0.480 e. The fraction of sp³-hybridized carbons (Fsp3) is 0.444. The van der Waals surface area contributed by atoms with E-state index in [9.17, 15) is 9.90 Å². The Hall–Kier alpha value is -1.63. The molecule has 0 amide bonds. The Morgan fingerprint density at radius 3 is 2.67 bits per heavy atom. The molecule has 1 aromatic carbocycles. The SMILES string of the molecule is CON1SC2=C(C)C(C)CCC2C(=Nc2ccccc2)C1C(=O)O. The molecule has 3 unspecified atom stereocenters. The molecular weight excluding hydrogens is 324 g/mol. The van der Waals surface area contributed by atoms with E-state index < -0.39 is 12.0 Å². The van der Waals surface area contributed by atoms with Gasteiger partial charge in [-0.2, -0.15) is 0 Å². The molecule has 6 heteroatoms. The van der Waals surface area contributed by atoms with E-state index in [1.165, 1.54) is 34.0 Å². The van der Waals surface area contributed by atoms with Gasteiger partial charge in [-0.25, -0.2) is 4.79 Å². The number of aliphatic imine (C=N–C) groups is 1. The van der Waals surface area contributed by atoms with Crippen LogP contribution in [0.2, 0.25) is 0 Å². The van der Waals surface area contributed by atoms with E-state index in [0.29, 0.717) is 11.6 Å². The van der Waals surface area contributed by atoms with E-state index in [2.05, 4.69) is 13.8 Å². The van der Waals surface area contributed by atoms with Crippen LogP contribution in [0.5, 0.6) is 0 Å². The molecule has 3 atom stereocenters. The minimum absolute atomic E-state index is 0.0545. The van der Waals surface area contributed by atoms with Gasteiger partial charge >= 0.3 is 5.97 Å². The number of benzene rings is 1. The first-order valence-electron chi connectivity index (χ1n) is 8.11. The third-order valence-electron chi connectivity index (χ3n) is 4.80. The van der Waals surface area contributed by atoms with Crippen LogP contribution in [0.25, 0.3) is 0 Å². The first-order chi connectivity index (χ1) is 11.5. The summed E-state index contributed by atoms with van der Waals surface area (Å²) in [7, 11) is 1.51. The number of allylic oxidation sites excluding steroid dienone is 2. The third-order valence-corrected chi connectivity index (χ3v) is 6.14. The lowest BCUT2D eigenvalue weighted by atomic mass is 9.79. The fourth-order valence-corrected chi connectivity index (χ4v) is 4.58. The Labute approximate surface area is 146 Å². The second-order valence-corrected chi connectivity index (χ2v) is 7.23. The van der Waals surface area contributed by atoms with Gasteiger partial charge < -0.3 is 5.11 Å². The van der Waals surface area contributed by atoms with Crippen LogP contribution in [0, 0.1) is 11.8 Å². The molecule has 3 rings (SSSR count). The summed E-state index contributed by atoms with van der Waals surface area (Å²) >= 11 is 1.41. The quantitative estimate of drug-likeness (QED) is 0.836. The summed E-state index contributed by atoms with van der Waals surface area (Å²) in [6.07, 6.45) is 1.97. The molecular formula is C18H22N2O3S. The molecule has 128 valence electrons. The van der Waals surface area contributed by atoms with Gasteiger partial charge in [0, 0.05) is 10.8 Å². The number of rotatable bonds is 3. The van der Waals surface area contributed by atoms with Crippen molar-refractivity contribution in [3.63, 3.8) is 0 Å². The zero-order chi connectivity index (χ0) is 17.3. The van der Waals surface area contributed by atoms with E-state index in [0.717, 1.165) is 18.5 Å². The fourth-order valence-electron chi connectivity index (χ4n) is 3.30. The Bertz CT molecular complexity index is 687. The number of para-hydroxylation sites is 1. The molecule has 0 bridgehead atoms. The normalized spacial score (nSPS) is 29.6. The molecule has 0 radical (unpaired) electrons. The number of carbonyl (C=O) groups is 1. The van der Waals surface area contributed by atoms with E-state index in [4.69, 9.17) is 9.83 Å². The van der Waals surface area contributed by atoms with Gasteiger partial charge in [-0.05, 0) is 49.8 Å². The number of carboxylic acids is 1. The molecule has 0 saturated carbocycles. The lowest BCUT2D eigenvalue weighted by Crippen LogP contribution is -2.50. The van der Waals surface area contributed by atoms with Crippen molar-refractivity contribution in [3.8, 4) is 0 Å². The highest BCUT2D eigenvalue weighted by Gasteiger charge is 2.45. The standard InChI is InChI=1S/C18H22N2O3S/c1-11-9-10-14-15(19-13-7-5-4-6-8-13)16(18(21)22)20(23-3)24-17(14)12(11)2/h4-8,11,14,16H,9-10H2,1-3H3,(H,21,22). The van der Waals surface area contributed by atoms with Gasteiger partial charge in [-0.3, -0.25) is 9.83 Å². The number of nitrogens with zero attached hydrogens (tertiary/aromatic N) is 2. The molecule has 24 heavy (non-hydrogen) atoms. The number of aliphatic carboxylic acids is 1. The molecule has 0 aromatic heterocycles. The van der Waals surface area contributed by atoms with Crippen molar-refractivity contribution in [1.82, 2.24) is 4.47 Å². The van der Waals surface area contributed by atoms with Crippen molar-refractivity contribution in [2.24, 2.45) is 16.8 Å². The summed E-state index contributed by atoms with van der Waals surface area (Å²) in [6.45, 7) is 4.35. The van der Waals surface area contributed by atoms with E-state index >= 15 is 0 Å². The zero-order valence-corrected chi connectivity index (χ0v) is 14.9. The smallest absolute Gasteiger partial charge is 0.330 e. The Kier molecular flexibility index (Phi) is 5.08. The van der Waals surface area contributed by atoms with Crippen molar-refractivity contribution in [2.45, 2.75) is 32.7 Å². The minimum atomic E-state index is -0.936. The number of hydroxylamine groups is 1. The molecule has 1 heterocycles. The van der Waals surface area contributed by atoms with Crippen LogP contribution < -0.4 is 0 Å². The van der Waals surface area contributed by atoms with Gasteiger partial charge in [0.1, 0.15) is 0 Å². The van der Waals surface area contributed by atoms with E-state index in [1.807, 2.05) is 30.3 Å². The topological polar surface area (TPSA) is 62.1 Å². The summed E-state index contributed by atoms with van der Waals surface area (Å²) in [6, 6.07) is 8.65. The van der Waals surface area contributed by atoms with E-state index in [-0.39, 0.29) is 5.92 Å². The molecule has 5 nitrogen and oxygen atoms in total. The summed E-state index contributed by atoms with van der Waals surface area (Å²) in [5, 5.41) is 9.76. The molecule has 1 aliphatic carbocycles. The summed E-state index contributed by atoms with van der Waals surface area (Å²) < 4.78 is 1.46. The highest BCUT2D eigenvalue weighted by Crippen LogP contribution is 2.47. The van der Waals surface area contributed by atoms with Crippen LogP contribution in [0.1, 0.15) is 26.7 Å². The van der Waals surface area contributed by atoms with Gasteiger partial charge in [0.2, 0.25) is 0 Å². The van der Waals surface area contributed by atoms with Gasteiger partial charge in [0.05, 0.1) is 18.5 Å². The van der Waals surface area contributed by atoms with Crippen LogP contribution in [-0.2, 0) is 9.63 Å². The van der Waals surface area contributed by atoms with Crippen molar-refractivity contribution in [2.75, 3.05) is 7.11 Å². The van der Waals surface area contributed by atoms with Crippen LogP contribution in [0.3, 0.4) is 0 Å². The van der Waals surface area contributed by atoms with Crippen LogP contribution in [0.15, 0.2) is 45.8 Å². The number of hydrogen-bond acceptors (Lipinski definition) is 5. The number of carboxylic acid groups (broad SMARTS) is 1. The predicted octanol–water partition coefficient (Wildman–Crippen LogP) is 4.06. The second-order valence-electron chi connectivity index (χ2n) is 6.25. The highest BCUT2D eigenvalue weighted by molar-refractivity contribution is 8.01.